The maximum Gasteiger partial charge on any atom is 0.407 e. The summed E-state index contributed by atoms with van der Waals surface area (Å²) < 4.78 is 10.7. The number of ketones is 1. The molecule has 3 N–H and O–H groups in total. The predicted molar refractivity (Wildman–Crippen MR) is 126 cm³/mol. The normalized spacial score (nSPS) is 13.6. The highest BCUT2D eigenvalue weighted by molar-refractivity contribution is 6.36. The van der Waals surface area contributed by atoms with E-state index < -0.39 is 29.5 Å². The molecule has 0 radical (unpaired) electrons. The Morgan fingerprint density at radius 2 is 1.55 bits per heavy atom. The monoisotopic (exact) mass is 452 g/mol. The highest BCUT2D eigenvalue weighted by atomic mass is 16.6. The van der Waals surface area contributed by atoms with Crippen LogP contribution in [0, 0.1) is 0 Å². The summed E-state index contributed by atoms with van der Waals surface area (Å²) in [4.78, 5) is 37.5. The Morgan fingerprint density at radius 1 is 0.970 bits per heavy atom. The Hall–Kier alpha value is -3.19. The van der Waals surface area contributed by atoms with E-state index in [-0.39, 0.29) is 18.9 Å². The van der Waals surface area contributed by atoms with Crippen molar-refractivity contribution in [2.24, 2.45) is 5.73 Å². The van der Waals surface area contributed by atoms with Gasteiger partial charge in [0.1, 0.15) is 18.2 Å². The van der Waals surface area contributed by atoms with Gasteiger partial charge in [-0.1, -0.05) is 48.5 Å². The van der Waals surface area contributed by atoms with Crippen LogP contribution >= 0.6 is 0 Å². The largest absolute Gasteiger partial charge is 0.454 e. The van der Waals surface area contributed by atoms with Crippen molar-refractivity contribution in [3.05, 3.63) is 59.7 Å². The molecule has 176 valence electrons. The van der Waals surface area contributed by atoms with E-state index in [1.165, 1.54) is 0 Å². The number of nitrogens with two attached hydrogens (primary N) is 1. The van der Waals surface area contributed by atoms with Crippen molar-refractivity contribution < 1.29 is 23.9 Å². The van der Waals surface area contributed by atoms with Crippen LogP contribution in [-0.2, 0) is 19.1 Å². The topological polar surface area (TPSA) is 108 Å². The molecule has 2 aromatic rings. The molecule has 0 fully saturated rings. The van der Waals surface area contributed by atoms with Crippen molar-refractivity contribution in [1.29, 1.82) is 0 Å². The van der Waals surface area contributed by atoms with Crippen LogP contribution in [0.5, 0.6) is 0 Å². The quantitative estimate of drug-likeness (QED) is 0.339. The van der Waals surface area contributed by atoms with Crippen LogP contribution in [0.1, 0.15) is 57.1 Å². The number of hydrogen-bond acceptors (Lipinski definition) is 6. The summed E-state index contributed by atoms with van der Waals surface area (Å²) in [7, 11) is 0. The highest BCUT2D eigenvalue weighted by Crippen LogP contribution is 2.44. The fourth-order valence-electron chi connectivity index (χ4n) is 4.01. The number of carbonyl (C=O) groups excluding carboxylic acids is 3. The first-order chi connectivity index (χ1) is 15.7. The minimum atomic E-state index is -1.03. The number of ether oxygens (including phenoxy) is 2. The molecule has 33 heavy (non-hydrogen) atoms. The standard InChI is InChI=1S/C26H32N2O5/c1-26(2,3)33-24(30)23(29)22(14-8-9-15-27)28-25(31)32-16-21-19-12-6-4-10-17(19)18-11-5-7-13-20(18)21/h4-7,10-13,21-22H,8-9,14-16,27H2,1-3H3,(H,28,31)/t22-/m1/s1. The summed E-state index contributed by atoms with van der Waals surface area (Å²) in [6, 6.07) is 15.0. The molecule has 1 atom stereocenters. The molecular formula is C26H32N2O5. The lowest BCUT2D eigenvalue weighted by Gasteiger charge is -2.22. The van der Waals surface area contributed by atoms with Crippen molar-refractivity contribution in [2.75, 3.05) is 13.2 Å². The number of Topliss-reactive ketones (excluding diaryl/α,β-unsaturated/α-hetero) is 1. The van der Waals surface area contributed by atoms with Gasteiger partial charge in [0.05, 0.1) is 0 Å². The second-order valence-corrected chi connectivity index (χ2v) is 9.17. The van der Waals surface area contributed by atoms with E-state index in [4.69, 9.17) is 15.2 Å². The maximum atomic E-state index is 12.7. The zero-order valence-electron chi connectivity index (χ0n) is 19.4. The second kappa shape index (κ2) is 10.6. The minimum Gasteiger partial charge on any atom is -0.454 e. The first kappa shape index (κ1) is 24.5. The van der Waals surface area contributed by atoms with Crippen LogP contribution in [0.15, 0.2) is 48.5 Å². The van der Waals surface area contributed by atoms with E-state index in [2.05, 4.69) is 17.4 Å². The smallest absolute Gasteiger partial charge is 0.407 e. The number of esters is 1. The molecule has 0 heterocycles. The molecule has 3 rings (SSSR count). The Balaban J connectivity index is 1.66. The molecule has 0 aromatic heterocycles. The number of hydrogen-bond donors (Lipinski definition) is 2. The molecule has 2 aromatic carbocycles. The van der Waals surface area contributed by atoms with E-state index in [1.54, 1.807) is 20.8 Å². The van der Waals surface area contributed by atoms with Crippen LogP contribution in [0.2, 0.25) is 0 Å². The number of fused-ring (bicyclic) bond motifs is 3. The third-order valence-electron chi connectivity index (χ3n) is 5.50. The van der Waals surface area contributed by atoms with Gasteiger partial charge in [0.15, 0.2) is 0 Å². The molecular weight excluding hydrogens is 420 g/mol. The van der Waals surface area contributed by atoms with Crippen LogP contribution < -0.4 is 11.1 Å². The van der Waals surface area contributed by atoms with Crippen molar-refractivity contribution in [1.82, 2.24) is 5.32 Å². The third kappa shape index (κ3) is 6.20. The predicted octanol–water partition coefficient (Wildman–Crippen LogP) is 3.93. The SMILES string of the molecule is CC(C)(C)OC(=O)C(=O)[C@@H](CCCCN)NC(=O)OCC1c2ccccc2-c2ccccc21. The molecule has 7 nitrogen and oxygen atoms in total. The highest BCUT2D eigenvalue weighted by Gasteiger charge is 2.32. The lowest BCUT2D eigenvalue weighted by molar-refractivity contribution is -0.163. The summed E-state index contributed by atoms with van der Waals surface area (Å²) in [6.45, 7) is 5.62. The zero-order valence-corrected chi connectivity index (χ0v) is 19.4. The van der Waals surface area contributed by atoms with Gasteiger partial charge in [-0.05, 0) is 68.8 Å². The fourth-order valence-corrected chi connectivity index (χ4v) is 4.01. The number of carbonyl (C=O) groups is 3. The van der Waals surface area contributed by atoms with Crippen molar-refractivity contribution in [2.45, 2.75) is 57.6 Å². The van der Waals surface area contributed by atoms with Crippen LogP contribution in [-0.4, -0.2) is 42.6 Å². The van der Waals surface area contributed by atoms with E-state index in [0.717, 1.165) is 22.3 Å². The number of unbranched alkanes of at least 4 members (excludes halogenated alkanes) is 1. The second-order valence-electron chi connectivity index (χ2n) is 9.17. The third-order valence-corrected chi connectivity index (χ3v) is 5.50. The van der Waals surface area contributed by atoms with Crippen LogP contribution in [0.3, 0.4) is 0 Å². The van der Waals surface area contributed by atoms with Gasteiger partial charge in [0.25, 0.3) is 5.78 Å². The molecule has 7 heteroatoms. The number of amides is 1. The van der Waals surface area contributed by atoms with Crippen molar-refractivity contribution >= 4 is 17.8 Å². The van der Waals surface area contributed by atoms with Crippen LogP contribution in [0.25, 0.3) is 11.1 Å². The first-order valence-electron chi connectivity index (χ1n) is 11.3. The van der Waals surface area contributed by atoms with E-state index in [9.17, 15) is 14.4 Å². The first-order valence-corrected chi connectivity index (χ1v) is 11.3. The summed E-state index contributed by atoms with van der Waals surface area (Å²) >= 11 is 0. The molecule has 0 saturated carbocycles. The Kier molecular flexibility index (Phi) is 7.87. The summed E-state index contributed by atoms with van der Waals surface area (Å²) in [5.41, 5.74) is 9.18. The molecule has 1 aliphatic carbocycles. The molecule has 0 unspecified atom stereocenters. The van der Waals surface area contributed by atoms with Gasteiger partial charge in [-0.3, -0.25) is 4.79 Å². The van der Waals surface area contributed by atoms with E-state index >= 15 is 0 Å². The summed E-state index contributed by atoms with van der Waals surface area (Å²) in [5, 5.41) is 2.56. The average molecular weight is 453 g/mol. The van der Waals surface area contributed by atoms with Gasteiger partial charge < -0.3 is 20.5 Å². The number of benzene rings is 2. The van der Waals surface area contributed by atoms with Gasteiger partial charge in [0, 0.05) is 5.92 Å². The molecule has 0 saturated heterocycles. The Morgan fingerprint density at radius 3 is 2.09 bits per heavy atom. The van der Waals surface area contributed by atoms with Crippen molar-refractivity contribution in [3.63, 3.8) is 0 Å². The zero-order chi connectivity index (χ0) is 24.0. The van der Waals surface area contributed by atoms with Crippen LogP contribution in [0.4, 0.5) is 4.79 Å². The van der Waals surface area contributed by atoms with Gasteiger partial charge in [0.2, 0.25) is 0 Å². The molecule has 0 spiro atoms. The summed E-state index contributed by atoms with van der Waals surface area (Å²) in [5.74, 6) is -1.87. The number of rotatable bonds is 9. The van der Waals surface area contributed by atoms with Gasteiger partial charge in [-0.2, -0.15) is 0 Å². The molecule has 1 aliphatic rings. The van der Waals surface area contributed by atoms with E-state index in [0.29, 0.717) is 19.4 Å². The maximum absolute atomic E-state index is 12.7. The molecule has 0 bridgehead atoms. The number of alkyl carbamates (subject to hydrolysis) is 1. The lowest BCUT2D eigenvalue weighted by Crippen LogP contribution is -2.46. The van der Waals surface area contributed by atoms with Gasteiger partial charge in [-0.15, -0.1) is 0 Å². The van der Waals surface area contributed by atoms with Crippen molar-refractivity contribution in [3.8, 4) is 11.1 Å². The summed E-state index contributed by atoms with van der Waals surface area (Å²) in [6.07, 6.45) is 0.787. The van der Waals surface area contributed by atoms with Gasteiger partial charge in [-0.25, -0.2) is 9.59 Å². The van der Waals surface area contributed by atoms with E-state index in [1.807, 2.05) is 36.4 Å². The number of nitrogens with one attached hydrogen (secondary N) is 1. The minimum absolute atomic E-state index is 0.0969. The Bertz CT molecular complexity index is 966. The average Bonchev–Trinajstić information content (AvgIpc) is 3.09. The Labute approximate surface area is 194 Å². The fraction of sp³-hybridized carbons (Fsp3) is 0.423. The molecule has 0 aliphatic heterocycles. The van der Waals surface area contributed by atoms with Gasteiger partial charge >= 0.3 is 12.1 Å². The lowest BCUT2D eigenvalue weighted by atomic mass is 9.98. The molecule has 1 amide bonds.